The number of aliphatic imine (C=N–C) groups is 1. The van der Waals surface area contributed by atoms with Crippen LogP contribution in [0.15, 0.2) is 40.1 Å². The summed E-state index contributed by atoms with van der Waals surface area (Å²) in [5.41, 5.74) is 3.65. The van der Waals surface area contributed by atoms with Gasteiger partial charge in [-0.25, -0.2) is 4.98 Å². The van der Waals surface area contributed by atoms with E-state index in [-0.39, 0.29) is 0 Å². The molecule has 2 aromatic rings. The molecule has 1 aromatic carbocycles. The van der Waals surface area contributed by atoms with Crippen LogP contribution in [-0.2, 0) is 0 Å². The summed E-state index contributed by atoms with van der Waals surface area (Å²) in [5.74, 6) is 0. The van der Waals surface area contributed by atoms with E-state index < -0.39 is 0 Å². The highest BCUT2D eigenvalue weighted by Gasteiger charge is 2.11. The third-order valence-corrected chi connectivity index (χ3v) is 2.91. The standard InChI is InChI=1S/C12H9ClN2O/c13-12-9(2-1-5-14-12)8-3-4-11-10(6-8)15-7-16-11/h2-4,6-7H,1,5H2. The topological polar surface area (TPSA) is 38.4 Å². The second-order valence-corrected chi connectivity index (χ2v) is 3.97. The Morgan fingerprint density at radius 2 is 2.25 bits per heavy atom. The fraction of sp³-hybridized carbons (Fsp3) is 0.167. The first-order chi connectivity index (χ1) is 7.84. The molecule has 0 fully saturated rings. The summed E-state index contributed by atoms with van der Waals surface area (Å²) in [6.45, 7) is 0.772. The molecule has 3 nitrogen and oxygen atoms in total. The van der Waals surface area contributed by atoms with Crippen molar-refractivity contribution in [3.8, 4) is 0 Å². The highest BCUT2D eigenvalue weighted by Crippen LogP contribution is 2.25. The molecule has 0 atom stereocenters. The molecular weight excluding hydrogens is 224 g/mol. The van der Waals surface area contributed by atoms with Gasteiger partial charge in [-0.2, -0.15) is 0 Å². The first-order valence-corrected chi connectivity index (χ1v) is 5.46. The molecule has 0 radical (unpaired) electrons. The van der Waals surface area contributed by atoms with Gasteiger partial charge in [0.2, 0.25) is 0 Å². The third kappa shape index (κ3) is 1.53. The number of fused-ring (bicyclic) bond motifs is 1. The summed E-state index contributed by atoms with van der Waals surface area (Å²) < 4.78 is 5.19. The highest BCUT2D eigenvalue weighted by atomic mass is 35.5. The number of hydrogen-bond donors (Lipinski definition) is 0. The summed E-state index contributed by atoms with van der Waals surface area (Å²) in [7, 11) is 0. The maximum atomic E-state index is 6.08. The van der Waals surface area contributed by atoms with Crippen LogP contribution in [0.25, 0.3) is 16.7 Å². The van der Waals surface area contributed by atoms with Crippen LogP contribution in [0.1, 0.15) is 12.0 Å². The molecule has 1 aliphatic rings. The zero-order chi connectivity index (χ0) is 11.0. The van der Waals surface area contributed by atoms with Crippen LogP contribution in [0.4, 0.5) is 0 Å². The monoisotopic (exact) mass is 232 g/mol. The number of benzene rings is 1. The third-order valence-electron chi connectivity index (χ3n) is 2.59. The van der Waals surface area contributed by atoms with E-state index in [4.69, 9.17) is 16.0 Å². The van der Waals surface area contributed by atoms with Crippen molar-refractivity contribution >= 4 is 33.4 Å². The first kappa shape index (κ1) is 9.60. The van der Waals surface area contributed by atoms with Crippen molar-refractivity contribution in [2.75, 3.05) is 6.54 Å². The number of allylic oxidation sites excluding steroid dienone is 1. The lowest BCUT2D eigenvalue weighted by Crippen LogP contribution is -2.01. The normalized spacial score (nSPS) is 16.1. The molecule has 0 unspecified atom stereocenters. The van der Waals surface area contributed by atoms with Crippen LogP contribution in [0.2, 0.25) is 0 Å². The van der Waals surface area contributed by atoms with Crippen molar-refractivity contribution in [3.05, 3.63) is 36.2 Å². The minimum absolute atomic E-state index is 0.578. The number of dihydropyridines is 1. The van der Waals surface area contributed by atoms with E-state index in [1.807, 2.05) is 18.2 Å². The lowest BCUT2D eigenvalue weighted by Gasteiger charge is -2.10. The van der Waals surface area contributed by atoms with Gasteiger partial charge >= 0.3 is 0 Å². The van der Waals surface area contributed by atoms with Crippen molar-refractivity contribution in [1.82, 2.24) is 4.98 Å². The smallest absolute Gasteiger partial charge is 0.181 e. The molecule has 3 rings (SSSR count). The van der Waals surface area contributed by atoms with Crippen LogP contribution in [-0.4, -0.2) is 16.7 Å². The fourth-order valence-electron chi connectivity index (χ4n) is 1.80. The van der Waals surface area contributed by atoms with Crippen molar-refractivity contribution in [2.24, 2.45) is 4.99 Å². The molecule has 80 valence electrons. The van der Waals surface area contributed by atoms with Gasteiger partial charge in [0.25, 0.3) is 0 Å². The molecule has 0 amide bonds. The lowest BCUT2D eigenvalue weighted by molar-refractivity contribution is 0.602. The fourth-order valence-corrected chi connectivity index (χ4v) is 2.07. The quantitative estimate of drug-likeness (QED) is 0.757. The second-order valence-electron chi connectivity index (χ2n) is 3.61. The Morgan fingerprint density at radius 3 is 3.12 bits per heavy atom. The minimum Gasteiger partial charge on any atom is -0.443 e. The van der Waals surface area contributed by atoms with E-state index in [0.29, 0.717) is 5.17 Å². The van der Waals surface area contributed by atoms with Gasteiger partial charge < -0.3 is 4.42 Å². The predicted molar refractivity (Wildman–Crippen MR) is 64.8 cm³/mol. The Kier molecular flexibility index (Phi) is 2.26. The molecule has 0 N–H and O–H groups in total. The van der Waals surface area contributed by atoms with Gasteiger partial charge in [0.15, 0.2) is 12.0 Å². The zero-order valence-electron chi connectivity index (χ0n) is 8.48. The van der Waals surface area contributed by atoms with Crippen molar-refractivity contribution < 1.29 is 4.42 Å². The minimum atomic E-state index is 0.578. The summed E-state index contributed by atoms with van der Waals surface area (Å²) >= 11 is 6.08. The Labute approximate surface area is 97.5 Å². The van der Waals surface area contributed by atoms with Gasteiger partial charge in [0.1, 0.15) is 10.7 Å². The van der Waals surface area contributed by atoms with Gasteiger partial charge in [0, 0.05) is 12.1 Å². The molecule has 0 bridgehead atoms. The molecule has 0 saturated carbocycles. The van der Waals surface area contributed by atoms with Crippen LogP contribution >= 0.6 is 11.6 Å². The SMILES string of the molecule is ClC1=NCCC=C1c1ccc2ocnc2c1. The van der Waals surface area contributed by atoms with Crippen molar-refractivity contribution in [2.45, 2.75) is 6.42 Å². The molecule has 1 aromatic heterocycles. The second kappa shape index (κ2) is 3.76. The average Bonchev–Trinajstić information content (AvgIpc) is 2.76. The first-order valence-electron chi connectivity index (χ1n) is 5.09. The summed E-state index contributed by atoms with van der Waals surface area (Å²) in [5, 5.41) is 0.578. The predicted octanol–water partition coefficient (Wildman–Crippen LogP) is 3.25. The number of aromatic nitrogens is 1. The highest BCUT2D eigenvalue weighted by molar-refractivity contribution is 6.76. The van der Waals surface area contributed by atoms with Gasteiger partial charge in [0.05, 0.1) is 0 Å². The Hall–Kier alpha value is -1.61. The maximum Gasteiger partial charge on any atom is 0.181 e. The Morgan fingerprint density at radius 1 is 1.31 bits per heavy atom. The van der Waals surface area contributed by atoms with Gasteiger partial charge in [-0.3, -0.25) is 4.99 Å². The number of oxazole rings is 1. The average molecular weight is 233 g/mol. The van der Waals surface area contributed by atoms with Gasteiger partial charge in [-0.05, 0) is 24.1 Å². The molecular formula is C12H9ClN2O. The van der Waals surface area contributed by atoms with Crippen LogP contribution < -0.4 is 0 Å². The molecule has 4 heteroatoms. The molecule has 2 heterocycles. The van der Waals surface area contributed by atoms with Crippen LogP contribution in [0, 0.1) is 0 Å². The van der Waals surface area contributed by atoms with E-state index in [0.717, 1.165) is 35.2 Å². The number of rotatable bonds is 1. The lowest BCUT2D eigenvalue weighted by atomic mass is 10.0. The largest absolute Gasteiger partial charge is 0.443 e. The van der Waals surface area contributed by atoms with Crippen LogP contribution in [0.5, 0.6) is 0 Å². The van der Waals surface area contributed by atoms with E-state index in [1.165, 1.54) is 6.39 Å². The van der Waals surface area contributed by atoms with E-state index in [9.17, 15) is 0 Å². The van der Waals surface area contributed by atoms with Crippen LogP contribution in [0.3, 0.4) is 0 Å². The van der Waals surface area contributed by atoms with Gasteiger partial charge in [-0.1, -0.05) is 23.7 Å². The van der Waals surface area contributed by atoms with Gasteiger partial charge in [-0.15, -0.1) is 0 Å². The number of halogens is 1. The molecule has 0 aliphatic carbocycles. The van der Waals surface area contributed by atoms with E-state index in [1.54, 1.807) is 0 Å². The summed E-state index contributed by atoms with van der Waals surface area (Å²) in [6, 6.07) is 5.84. The maximum absolute atomic E-state index is 6.08. The summed E-state index contributed by atoms with van der Waals surface area (Å²) in [6.07, 6.45) is 4.48. The van der Waals surface area contributed by atoms with E-state index in [2.05, 4.69) is 16.1 Å². The Balaban J connectivity index is 2.11. The molecule has 0 saturated heterocycles. The molecule has 0 spiro atoms. The number of nitrogens with zero attached hydrogens (tertiary/aromatic N) is 2. The zero-order valence-corrected chi connectivity index (χ0v) is 9.24. The molecule has 1 aliphatic heterocycles. The van der Waals surface area contributed by atoms with Crippen molar-refractivity contribution in [3.63, 3.8) is 0 Å². The summed E-state index contributed by atoms with van der Waals surface area (Å²) in [4.78, 5) is 8.35. The van der Waals surface area contributed by atoms with Crippen molar-refractivity contribution in [1.29, 1.82) is 0 Å². The molecule has 16 heavy (non-hydrogen) atoms. The number of hydrogen-bond acceptors (Lipinski definition) is 3. The Bertz CT molecular complexity index is 598. The van der Waals surface area contributed by atoms with E-state index >= 15 is 0 Å².